The van der Waals surface area contributed by atoms with E-state index in [-0.39, 0.29) is 5.91 Å². The summed E-state index contributed by atoms with van der Waals surface area (Å²) in [5.74, 6) is -0.182. The Morgan fingerprint density at radius 2 is 1.93 bits per heavy atom. The molecular weight excluding hydrogens is 210 g/mol. The molecule has 1 amide bonds. The van der Waals surface area contributed by atoms with Crippen LogP contribution in [0.25, 0.3) is 0 Å². The fraction of sp³-hybridized carbons (Fsp3) is 0.273. The zero-order chi connectivity index (χ0) is 11.3. The zero-order valence-electron chi connectivity index (χ0n) is 8.71. The van der Waals surface area contributed by atoms with Gasteiger partial charge in [0.05, 0.1) is 0 Å². The van der Waals surface area contributed by atoms with Crippen molar-refractivity contribution >= 4 is 24.0 Å². The lowest BCUT2D eigenvalue weighted by Gasteiger charge is -2.15. The molecule has 0 saturated heterocycles. The van der Waals surface area contributed by atoms with Crippen LogP contribution in [0.15, 0.2) is 35.2 Å². The third-order valence-electron chi connectivity index (χ3n) is 1.81. The predicted molar refractivity (Wildman–Crippen MR) is 60.8 cm³/mol. The first kappa shape index (κ1) is 11.8. The van der Waals surface area contributed by atoms with E-state index in [4.69, 9.17) is 0 Å². The SMILES string of the molecule is CN(C)C(=O)[C@@H](C=O)Sc1ccccc1. The zero-order valence-corrected chi connectivity index (χ0v) is 9.53. The summed E-state index contributed by atoms with van der Waals surface area (Å²) in [6.07, 6.45) is 0.681. The maximum atomic E-state index is 11.6. The first-order valence-electron chi connectivity index (χ1n) is 4.53. The van der Waals surface area contributed by atoms with Crippen molar-refractivity contribution in [3.63, 3.8) is 0 Å². The number of rotatable bonds is 4. The van der Waals surface area contributed by atoms with Crippen LogP contribution in [0.2, 0.25) is 0 Å². The van der Waals surface area contributed by atoms with Crippen molar-refractivity contribution in [1.29, 1.82) is 0 Å². The third-order valence-corrected chi connectivity index (χ3v) is 2.93. The molecule has 0 aliphatic rings. The Labute approximate surface area is 93.5 Å². The molecule has 1 aromatic carbocycles. The lowest BCUT2D eigenvalue weighted by molar-refractivity contribution is -0.129. The summed E-state index contributed by atoms with van der Waals surface area (Å²) in [6, 6.07) is 9.41. The van der Waals surface area contributed by atoms with Gasteiger partial charge in [-0.05, 0) is 12.1 Å². The number of aldehydes is 1. The summed E-state index contributed by atoms with van der Waals surface area (Å²) < 4.78 is 0. The van der Waals surface area contributed by atoms with Crippen molar-refractivity contribution in [3.8, 4) is 0 Å². The Morgan fingerprint density at radius 3 is 2.40 bits per heavy atom. The van der Waals surface area contributed by atoms with Gasteiger partial charge in [-0.1, -0.05) is 18.2 Å². The van der Waals surface area contributed by atoms with Crippen molar-refractivity contribution in [2.24, 2.45) is 0 Å². The van der Waals surface area contributed by atoms with Crippen LogP contribution in [0.4, 0.5) is 0 Å². The second-order valence-corrected chi connectivity index (χ2v) is 4.44. The van der Waals surface area contributed by atoms with E-state index in [0.717, 1.165) is 4.90 Å². The summed E-state index contributed by atoms with van der Waals surface area (Å²) in [4.78, 5) is 24.7. The first-order valence-corrected chi connectivity index (χ1v) is 5.41. The number of amides is 1. The molecule has 4 heteroatoms. The number of hydrogen-bond donors (Lipinski definition) is 0. The lowest BCUT2D eigenvalue weighted by Crippen LogP contribution is -2.32. The normalized spacial score (nSPS) is 11.9. The Hall–Kier alpha value is -1.29. The van der Waals surface area contributed by atoms with Gasteiger partial charge < -0.3 is 9.69 Å². The van der Waals surface area contributed by atoms with Gasteiger partial charge in [-0.25, -0.2) is 0 Å². The molecule has 0 unspecified atom stereocenters. The highest BCUT2D eigenvalue weighted by molar-refractivity contribution is 8.01. The van der Waals surface area contributed by atoms with Gasteiger partial charge in [-0.3, -0.25) is 4.79 Å². The van der Waals surface area contributed by atoms with Gasteiger partial charge in [-0.2, -0.15) is 0 Å². The molecule has 0 N–H and O–H groups in total. The topological polar surface area (TPSA) is 37.4 Å². The molecule has 15 heavy (non-hydrogen) atoms. The average molecular weight is 223 g/mol. The highest BCUT2D eigenvalue weighted by Crippen LogP contribution is 2.22. The molecular formula is C11H13NO2S. The van der Waals surface area contributed by atoms with Crippen LogP contribution in [0, 0.1) is 0 Å². The Morgan fingerprint density at radius 1 is 1.33 bits per heavy atom. The maximum absolute atomic E-state index is 11.6. The van der Waals surface area contributed by atoms with E-state index in [2.05, 4.69) is 0 Å². The predicted octanol–water partition coefficient (Wildman–Crippen LogP) is 1.43. The van der Waals surface area contributed by atoms with E-state index in [0.29, 0.717) is 6.29 Å². The van der Waals surface area contributed by atoms with Crippen LogP contribution in [0.1, 0.15) is 0 Å². The molecule has 1 rings (SSSR count). The van der Waals surface area contributed by atoms with E-state index in [1.165, 1.54) is 16.7 Å². The minimum Gasteiger partial charge on any atom is -0.347 e. The summed E-state index contributed by atoms with van der Waals surface area (Å²) >= 11 is 1.27. The van der Waals surface area contributed by atoms with E-state index in [9.17, 15) is 9.59 Å². The Kier molecular flexibility index (Phi) is 4.37. The van der Waals surface area contributed by atoms with Gasteiger partial charge in [-0.15, -0.1) is 11.8 Å². The highest BCUT2D eigenvalue weighted by Gasteiger charge is 2.20. The monoisotopic (exact) mass is 223 g/mol. The van der Waals surface area contributed by atoms with Crippen LogP contribution in [-0.4, -0.2) is 36.4 Å². The molecule has 0 saturated carbocycles. The van der Waals surface area contributed by atoms with Crippen LogP contribution < -0.4 is 0 Å². The van der Waals surface area contributed by atoms with Crippen LogP contribution in [0.5, 0.6) is 0 Å². The van der Waals surface area contributed by atoms with Crippen molar-refractivity contribution in [3.05, 3.63) is 30.3 Å². The van der Waals surface area contributed by atoms with E-state index in [1.807, 2.05) is 30.3 Å². The number of carbonyl (C=O) groups is 2. The van der Waals surface area contributed by atoms with Crippen molar-refractivity contribution in [2.75, 3.05) is 14.1 Å². The van der Waals surface area contributed by atoms with Gasteiger partial charge in [0.15, 0.2) is 0 Å². The summed E-state index contributed by atoms with van der Waals surface area (Å²) in [5, 5.41) is -0.651. The fourth-order valence-electron chi connectivity index (χ4n) is 1.04. The quantitative estimate of drug-likeness (QED) is 0.440. The minimum absolute atomic E-state index is 0.182. The Bertz CT molecular complexity index is 338. The minimum atomic E-state index is -0.651. The molecule has 1 atom stereocenters. The van der Waals surface area contributed by atoms with Crippen LogP contribution in [0.3, 0.4) is 0 Å². The first-order chi connectivity index (χ1) is 7.15. The lowest BCUT2D eigenvalue weighted by atomic mass is 10.4. The number of benzene rings is 1. The number of nitrogens with zero attached hydrogens (tertiary/aromatic N) is 1. The van der Waals surface area contributed by atoms with Crippen LogP contribution >= 0.6 is 11.8 Å². The average Bonchev–Trinajstić information content (AvgIpc) is 2.26. The molecule has 0 fully saturated rings. The van der Waals surface area contributed by atoms with Gasteiger partial charge in [0, 0.05) is 19.0 Å². The molecule has 1 aromatic rings. The van der Waals surface area contributed by atoms with Crippen molar-refractivity contribution in [1.82, 2.24) is 4.90 Å². The molecule has 0 radical (unpaired) electrons. The molecule has 3 nitrogen and oxygen atoms in total. The largest absolute Gasteiger partial charge is 0.347 e. The number of hydrogen-bond acceptors (Lipinski definition) is 3. The molecule has 80 valence electrons. The summed E-state index contributed by atoms with van der Waals surface area (Å²) in [5.41, 5.74) is 0. The Balaban J connectivity index is 2.70. The van der Waals surface area contributed by atoms with E-state index in [1.54, 1.807) is 14.1 Å². The second kappa shape index (κ2) is 5.56. The molecule has 0 aliphatic carbocycles. The third kappa shape index (κ3) is 3.40. The summed E-state index contributed by atoms with van der Waals surface area (Å²) in [7, 11) is 3.29. The van der Waals surface area contributed by atoms with Gasteiger partial charge in [0.25, 0.3) is 0 Å². The highest BCUT2D eigenvalue weighted by atomic mass is 32.2. The van der Waals surface area contributed by atoms with Gasteiger partial charge >= 0.3 is 0 Å². The molecule has 0 bridgehead atoms. The molecule has 0 aromatic heterocycles. The molecule has 0 heterocycles. The molecule has 0 aliphatic heterocycles. The van der Waals surface area contributed by atoms with Crippen LogP contribution in [-0.2, 0) is 9.59 Å². The van der Waals surface area contributed by atoms with Gasteiger partial charge in [0.2, 0.25) is 5.91 Å². The number of thioether (sulfide) groups is 1. The summed E-state index contributed by atoms with van der Waals surface area (Å²) in [6.45, 7) is 0. The van der Waals surface area contributed by atoms with E-state index < -0.39 is 5.25 Å². The maximum Gasteiger partial charge on any atom is 0.242 e. The standard InChI is InChI=1S/C11H13NO2S/c1-12(2)11(14)10(8-13)15-9-6-4-3-5-7-9/h3-8,10H,1-2H3/t10-/m1/s1. The number of carbonyl (C=O) groups excluding carboxylic acids is 2. The fourth-order valence-corrected chi connectivity index (χ4v) is 2.01. The van der Waals surface area contributed by atoms with Crippen molar-refractivity contribution < 1.29 is 9.59 Å². The molecule has 0 spiro atoms. The van der Waals surface area contributed by atoms with E-state index >= 15 is 0 Å². The smallest absolute Gasteiger partial charge is 0.242 e. The van der Waals surface area contributed by atoms with Gasteiger partial charge in [0.1, 0.15) is 11.5 Å². The second-order valence-electron chi connectivity index (χ2n) is 3.22. The van der Waals surface area contributed by atoms with Crippen molar-refractivity contribution in [2.45, 2.75) is 10.1 Å².